The molecular weight excluding hydrogens is 612 g/mol. The lowest BCUT2D eigenvalue weighted by Crippen LogP contribution is -2.47. The van der Waals surface area contributed by atoms with Crippen LogP contribution in [0.4, 0.5) is 16.2 Å². The number of aliphatic hydroxyl groups is 1. The molecular formula is C37H48N4O7. The number of hydrogen-bond acceptors (Lipinski definition) is 7. The first-order chi connectivity index (χ1) is 23.0. The lowest BCUT2D eigenvalue weighted by atomic mass is 10.0. The number of aliphatic hydroxyl groups excluding tert-OH is 1. The van der Waals surface area contributed by atoms with Crippen molar-refractivity contribution in [1.29, 1.82) is 0 Å². The minimum absolute atomic E-state index is 0.107. The Morgan fingerprint density at radius 1 is 1.00 bits per heavy atom. The second-order valence-electron chi connectivity index (χ2n) is 12.7. The van der Waals surface area contributed by atoms with Gasteiger partial charge in [-0.25, -0.2) is 9.59 Å². The first-order valence-electron chi connectivity index (χ1n) is 16.5. The van der Waals surface area contributed by atoms with Crippen LogP contribution in [-0.4, -0.2) is 89.5 Å². The summed E-state index contributed by atoms with van der Waals surface area (Å²) in [5, 5.41) is 25.1. The van der Waals surface area contributed by atoms with Gasteiger partial charge in [-0.05, 0) is 88.2 Å². The molecule has 0 saturated carbocycles. The van der Waals surface area contributed by atoms with Crippen LogP contribution in [0.5, 0.6) is 5.75 Å². The van der Waals surface area contributed by atoms with Crippen LogP contribution in [0.25, 0.3) is 0 Å². The zero-order valence-electron chi connectivity index (χ0n) is 28.2. The third-order valence-corrected chi connectivity index (χ3v) is 8.49. The monoisotopic (exact) mass is 660 g/mol. The third kappa shape index (κ3) is 10.5. The molecule has 3 amide bonds. The molecule has 11 heteroatoms. The van der Waals surface area contributed by atoms with E-state index in [2.05, 4.69) is 15.5 Å². The second kappa shape index (κ2) is 17.6. The van der Waals surface area contributed by atoms with Crippen molar-refractivity contribution in [2.45, 2.75) is 64.8 Å². The average Bonchev–Trinajstić information content (AvgIpc) is 3.06. The lowest BCUT2D eigenvalue weighted by Gasteiger charge is -2.36. The topological polar surface area (TPSA) is 141 Å². The van der Waals surface area contributed by atoms with E-state index in [1.807, 2.05) is 51.2 Å². The number of likely N-dealkylation sites (N-methyl/N-ethyl adjacent to an activating group) is 1. The van der Waals surface area contributed by atoms with E-state index < -0.39 is 18.0 Å². The maximum absolute atomic E-state index is 14.3. The molecule has 0 fully saturated rings. The number of para-hydroxylation sites is 1. The Bertz CT molecular complexity index is 1500. The predicted octanol–water partition coefficient (Wildman–Crippen LogP) is 5.96. The molecule has 0 aliphatic carbocycles. The van der Waals surface area contributed by atoms with Gasteiger partial charge in [0, 0.05) is 43.5 Å². The molecule has 0 bridgehead atoms. The number of carboxylic acids is 1. The van der Waals surface area contributed by atoms with Gasteiger partial charge in [-0.2, -0.15) is 0 Å². The van der Waals surface area contributed by atoms with E-state index in [1.165, 1.54) is 0 Å². The summed E-state index contributed by atoms with van der Waals surface area (Å²) >= 11 is 0. The van der Waals surface area contributed by atoms with Crippen molar-refractivity contribution in [3.05, 3.63) is 89.5 Å². The lowest BCUT2D eigenvalue weighted by molar-refractivity contribution is -0.0177. The standard InChI is InChI=1S/C37H48N4O7/c1-25-21-41(26(2)24-42)35(43)32-20-31(39-37(46)38-30-11-6-5-7-12-30)17-18-33(32)48-27(3)10-8-9-19-47-34(25)23-40(4)22-28-13-15-29(16-14-28)36(44)45/h5-7,11-18,20,25-27,34,42H,8-10,19,21-24H2,1-4H3,(H,44,45)(H2,38,39,46)/t25-,26-,27-,34+/m0/s1. The normalized spacial score (nSPS) is 19.8. The number of amides is 3. The molecule has 48 heavy (non-hydrogen) atoms. The van der Waals surface area contributed by atoms with Gasteiger partial charge in [0.05, 0.1) is 36.0 Å². The number of ether oxygens (including phenoxy) is 2. The molecule has 11 nitrogen and oxygen atoms in total. The number of nitrogens with zero attached hydrogens (tertiary/aromatic N) is 2. The SMILES string of the molecule is C[C@H]1CCCCO[C@H](CN(C)Cc2ccc(C(=O)O)cc2)[C@@H](C)CN([C@@H](C)CO)C(=O)c2cc(NC(=O)Nc3ccccc3)ccc2O1. The fourth-order valence-electron chi connectivity index (χ4n) is 5.71. The Morgan fingerprint density at radius 2 is 1.71 bits per heavy atom. The van der Waals surface area contributed by atoms with Gasteiger partial charge in [-0.15, -0.1) is 0 Å². The Labute approximate surface area is 282 Å². The predicted molar refractivity (Wildman–Crippen MR) is 186 cm³/mol. The first kappa shape index (κ1) is 36.4. The van der Waals surface area contributed by atoms with Crippen molar-refractivity contribution in [2.24, 2.45) is 5.92 Å². The largest absolute Gasteiger partial charge is 0.490 e. The number of anilines is 2. The summed E-state index contributed by atoms with van der Waals surface area (Å²) < 4.78 is 12.7. The highest BCUT2D eigenvalue weighted by Gasteiger charge is 2.30. The van der Waals surface area contributed by atoms with Crippen LogP contribution in [0.1, 0.15) is 66.3 Å². The highest BCUT2D eigenvalue weighted by molar-refractivity contribution is 6.02. The summed E-state index contributed by atoms with van der Waals surface area (Å²) in [6, 6.07) is 20.0. The number of aromatic carboxylic acids is 1. The summed E-state index contributed by atoms with van der Waals surface area (Å²) in [7, 11) is 1.99. The molecule has 1 heterocycles. The minimum Gasteiger partial charge on any atom is -0.490 e. The van der Waals surface area contributed by atoms with E-state index in [0.29, 0.717) is 48.9 Å². The number of carbonyl (C=O) groups is 3. The number of carboxylic acid groups (broad SMARTS) is 1. The van der Waals surface area contributed by atoms with Gasteiger partial charge in [0.1, 0.15) is 5.75 Å². The smallest absolute Gasteiger partial charge is 0.335 e. The average molecular weight is 661 g/mol. The van der Waals surface area contributed by atoms with E-state index in [9.17, 15) is 24.6 Å². The van der Waals surface area contributed by atoms with Crippen LogP contribution in [0.3, 0.4) is 0 Å². The van der Waals surface area contributed by atoms with Crippen molar-refractivity contribution in [3.63, 3.8) is 0 Å². The van der Waals surface area contributed by atoms with Crippen molar-refractivity contribution < 1.29 is 34.1 Å². The number of nitrogens with one attached hydrogen (secondary N) is 2. The van der Waals surface area contributed by atoms with Crippen molar-refractivity contribution >= 4 is 29.3 Å². The van der Waals surface area contributed by atoms with E-state index in [1.54, 1.807) is 54.3 Å². The molecule has 4 N–H and O–H groups in total. The van der Waals surface area contributed by atoms with Gasteiger partial charge in [0.15, 0.2) is 0 Å². The van der Waals surface area contributed by atoms with Crippen LogP contribution in [0.15, 0.2) is 72.8 Å². The van der Waals surface area contributed by atoms with Crippen molar-refractivity contribution in [3.8, 4) is 5.75 Å². The van der Waals surface area contributed by atoms with Crippen LogP contribution in [0, 0.1) is 5.92 Å². The van der Waals surface area contributed by atoms with E-state index >= 15 is 0 Å². The summed E-state index contributed by atoms with van der Waals surface area (Å²) in [6.07, 6.45) is 2.10. The molecule has 3 aromatic rings. The molecule has 1 aliphatic heterocycles. The summed E-state index contributed by atoms with van der Waals surface area (Å²) in [5.74, 6) is -0.968. The Hall–Kier alpha value is -4.45. The van der Waals surface area contributed by atoms with Crippen molar-refractivity contribution in [1.82, 2.24) is 9.80 Å². The highest BCUT2D eigenvalue weighted by atomic mass is 16.5. The Balaban J connectivity index is 1.57. The molecule has 3 aromatic carbocycles. The second-order valence-corrected chi connectivity index (χ2v) is 12.7. The minimum atomic E-state index is -0.960. The molecule has 258 valence electrons. The van der Waals surface area contributed by atoms with Gasteiger partial charge in [-0.1, -0.05) is 37.3 Å². The van der Waals surface area contributed by atoms with Gasteiger partial charge in [-0.3, -0.25) is 9.69 Å². The van der Waals surface area contributed by atoms with Gasteiger partial charge >= 0.3 is 12.0 Å². The Kier molecular flexibility index (Phi) is 13.4. The van der Waals surface area contributed by atoms with Crippen LogP contribution >= 0.6 is 0 Å². The number of benzene rings is 3. The number of urea groups is 1. The summed E-state index contributed by atoms with van der Waals surface area (Å²) in [4.78, 5) is 42.2. The fraction of sp³-hybridized carbons (Fsp3) is 0.432. The molecule has 1 aliphatic rings. The third-order valence-electron chi connectivity index (χ3n) is 8.49. The molecule has 0 spiro atoms. The molecule has 0 aromatic heterocycles. The molecule has 4 rings (SSSR count). The van der Waals surface area contributed by atoms with E-state index in [0.717, 1.165) is 24.8 Å². The Morgan fingerprint density at radius 3 is 2.40 bits per heavy atom. The first-order valence-corrected chi connectivity index (χ1v) is 16.5. The summed E-state index contributed by atoms with van der Waals surface area (Å²) in [6.45, 7) is 7.63. The summed E-state index contributed by atoms with van der Waals surface area (Å²) in [5.41, 5.74) is 2.58. The quantitative estimate of drug-likeness (QED) is 0.221. The molecule has 0 saturated heterocycles. The zero-order chi connectivity index (χ0) is 34.6. The number of fused-ring (bicyclic) bond motifs is 1. The van der Waals surface area contributed by atoms with Gasteiger partial charge in [0.2, 0.25) is 0 Å². The van der Waals surface area contributed by atoms with Crippen LogP contribution < -0.4 is 15.4 Å². The molecule has 0 radical (unpaired) electrons. The fourth-order valence-corrected chi connectivity index (χ4v) is 5.71. The number of hydrogen-bond donors (Lipinski definition) is 4. The van der Waals surface area contributed by atoms with Crippen LogP contribution in [0.2, 0.25) is 0 Å². The van der Waals surface area contributed by atoms with Crippen LogP contribution in [-0.2, 0) is 11.3 Å². The molecule has 4 atom stereocenters. The van der Waals surface area contributed by atoms with Crippen molar-refractivity contribution in [2.75, 3.05) is 44.0 Å². The maximum Gasteiger partial charge on any atom is 0.335 e. The maximum atomic E-state index is 14.3. The van der Waals surface area contributed by atoms with Gasteiger partial charge < -0.3 is 35.2 Å². The van der Waals surface area contributed by atoms with Gasteiger partial charge in [0.25, 0.3) is 5.91 Å². The van der Waals surface area contributed by atoms with E-state index in [4.69, 9.17) is 9.47 Å². The number of rotatable bonds is 9. The molecule has 0 unspecified atom stereocenters. The highest BCUT2D eigenvalue weighted by Crippen LogP contribution is 2.29. The number of carbonyl (C=O) groups excluding carboxylic acids is 2. The van der Waals surface area contributed by atoms with E-state index in [-0.39, 0.29) is 36.2 Å². The zero-order valence-corrected chi connectivity index (χ0v) is 28.2.